The first kappa shape index (κ1) is 18.2. The van der Waals surface area contributed by atoms with Crippen molar-refractivity contribution in [3.63, 3.8) is 0 Å². The summed E-state index contributed by atoms with van der Waals surface area (Å²) in [6.07, 6.45) is 1.66. The van der Waals surface area contributed by atoms with Gasteiger partial charge in [-0.1, -0.05) is 55.5 Å². The second kappa shape index (κ2) is 7.47. The average Bonchev–Trinajstić information content (AvgIpc) is 2.71. The minimum atomic E-state index is -0.0346. The van der Waals surface area contributed by atoms with Crippen LogP contribution in [0.3, 0.4) is 0 Å². The summed E-state index contributed by atoms with van der Waals surface area (Å²) in [4.78, 5) is 18.6. The molecule has 0 radical (unpaired) electrons. The maximum Gasteiger partial charge on any atom is 0.272 e. The van der Waals surface area contributed by atoms with Gasteiger partial charge in [0.25, 0.3) is 5.91 Å². The van der Waals surface area contributed by atoms with Crippen LogP contribution >= 0.6 is 0 Å². The molecule has 0 N–H and O–H groups in total. The summed E-state index contributed by atoms with van der Waals surface area (Å²) in [5, 5.41) is 0. The lowest BCUT2D eigenvalue weighted by Crippen LogP contribution is -2.59. The van der Waals surface area contributed by atoms with Crippen molar-refractivity contribution in [2.24, 2.45) is 0 Å². The number of likely N-dealkylation sites (tertiary alicyclic amines) is 1. The van der Waals surface area contributed by atoms with E-state index in [0.29, 0.717) is 25.4 Å². The second-order valence-corrected chi connectivity index (χ2v) is 7.69. The molecule has 28 heavy (non-hydrogen) atoms. The highest BCUT2D eigenvalue weighted by atomic mass is 16.5. The Kier molecular flexibility index (Phi) is 4.86. The number of carbonyl (C=O) groups is 1. The molecule has 2 heterocycles. The van der Waals surface area contributed by atoms with E-state index in [1.54, 1.807) is 12.3 Å². The van der Waals surface area contributed by atoms with Crippen molar-refractivity contribution in [2.75, 3.05) is 13.1 Å². The van der Waals surface area contributed by atoms with E-state index < -0.39 is 0 Å². The van der Waals surface area contributed by atoms with E-state index in [4.69, 9.17) is 4.74 Å². The van der Waals surface area contributed by atoms with Gasteiger partial charge in [-0.25, -0.2) is 0 Å². The molecule has 1 aliphatic rings. The fraction of sp³-hybridized carbons (Fsp3) is 0.250. The Morgan fingerprint density at radius 2 is 1.82 bits per heavy atom. The van der Waals surface area contributed by atoms with Crippen molar-refractivity contribution >= 4 is 5.91 Å². The van der Waals surface area contributed by atoms with Crippen LogP contribution in [0.25, 0.3) is 0 Å². The van der Waals surface area contributed by atoms with Crippen molar-refractivity contribution in [3.8, 4) is 5.75 Å². The third kappa shape index (κ3) is 3.63. The Labute approximate surface area is 165 Å². The van der Waals surface area contributed by atoms with E-state index in [-0.39, 0.29) is 11.3 Å². The van der Waals surface area contributed by atoms with Crippen LogP contribution in [0, 0.1) is 6.92 Å². The predicted molar refractivity (Wildman–Crippen MR) is 109 cm³/mol. The third-order valence-corrected chi connectivity index (χ3v) is 5.36. The Morgan fingerprint density at radius 3 is 2.50 bits per heavy atom. The lowest BCUT2D eigenvalue weighted by Gasteiger charge is -2.48. The van der Waals surface area contributed by atoms with E-state index in [9.17, 15) is 4.79 Å². The molecule has 0 bridgehead atoms. The molecule has 4 nitrogen and oxygen atoms in total. The van der Waals surface area contributed by atoms with Crippen molar-refractivity contribution in [2.45, 2.75) is 25.9 Å². The van der Waals surface area contributed by atoms with E-state index in [1.807, 2.05) is 41.3 Å². The molecule has 1 aliphatic heterocycles. The van der Waals surface area contributed by atoms with Crippen LogP contribution in [0.15, 0.2) is 72.9 Å². The van der Waals surface area contributed by atoms with Crippen LogP contribution in [0.4, 0.5) is 0 Å². The van der Waals surface area contributed by atoms with E-state index in [2.05, 4.69) is 43.1 Å². The molecule has 2 aromatic carbocycles. The first-order valence-corrected chi connectivity index (χ1v) is 9.53. The van der Waals surface area contributed by atoms with Crippen molar-refractivity contribution < 1.29 is 9.53 Å². The summed E-state index contributed by atoms with van der Waals surface area (Å²) >= 11 is 0. The molecule has 1 fully saturated rings. The molecule has 0 saturated carbocycles. The third-order valence-electron chi connectivity index (χ3n) is 5.36. The zero-order valence-corrected chi connectivity index (χ0v) is 16.3. The molecule has 4 rings (SSSR count). The molecule has 1 amide bonds. The molecule has 0 aliphatic carbocycles. The van der Waals surface area contributed by atoms with Crippen LogP contribution < -0.4 is 4.74 Å². The molecular weight excluding hydrogens is 348 g/mol. The summed E-state index contributed by atoms with van der Waals surface area (Å²) in [5.74, 6) is 0.898. The van der Waals surface area contributed by atoms with Gasteiger partial charge in [-0.15, -0.1) is 0 Å². The maximum absolute atomic E-state index is 12.5. The van der Waals surface area contributed by atoms with Gasteiger partial charge in [-0.05, 0) is 41.8 Å². The Hall–Kier alpha value is -3.14. The summed E-state index contributed by atoms with van der Waals surface area (Å²) in [6, 6.07) is 21.9. The molecule has 1 saturated heterocycles. The first-order chi connectivity index (χ1) is 13.5. The number of hydrogen-bond donors (Lipinski definition) is 0. The smallest absolute Gasteiger partial charge is 0.272 e. The summed E-state index contributed by atoms with van der Waals surface area (Å²) < 4.78 is 5.99. The van der Waals surface area contributed by atoms with Gasteiger partial charge in [0, 0.05) is 24.7 Å². The molecular formula is C24H24N2O2. The molecule has 0 atom stereocenters. The molecule has 0 spiro atoms. The fourth-order valence-corrected chi connectivity index (χ4v) is 3.70. The Balaban J connectivity index is 1.41. The van der Waals surface area contributed by atoms with Crippen LogP contribution in [-0.4, -0.2) is 28.9 Å². The van der Waals surface area contributed by atoms with Gasteiger partial charge in [-0.3, -0.25) is 9.78 Å². The van der Waals surface area contributed by atoms with Gasteiger partial charge < -0.3 is 9.64 Å². The first-order valence-electron chi connectivity index (χ1n) is 9.53. The Morgan fingerprint density at radius 1 is 1.07 bits per heavy atom. The summed E-state index contributed by atoms with van der Waals surface area (Å²) in [5.41, 5.74) is 3.98. The number of ether oxygens (including phenoxy) is 1. The van der Waals surface area contributed by atoms with Crippen LogP contribution in [-0.2, 0) is 12.0 Å². The predicted octanol–water partition coefficient (Wildman–Crippen LogP) is 4.38. The highest BCUT2D eigenvalue weighted by Gasteiger charge is 2.43. The summed E-state index contributed by atoms with van der Waals surface area (Å²) in [7, 11) is 0. The van der Waals surface area contributed by atoms with Crippen LogP contribution in [0.5, 0.6) is 5.75 Å². The van der Waals surface area contributed by atoms with Crippen LogP contribution in [0.1, 0.15) is 34.1 Å². The van der Waals surface area contributed by atoms with Crippen molar-refractivity contribution in [1.82, 2.24) is 9.88 Å². The second-order valence-electron chi connectivity index (χ2n) is 7.69. The van der Waals surface area contributed by atoms with Gasteiger partial charge >= 0.3 is 0 Å². The van der Waals surface area contributed by atoms with Crippen molar-refractivity contribution in [1.29, 1.82) is 0 Å². The zero-order valence-electron chi connectivity index (χ0n) is 16.3. The number of aromatic nitrogens is 1. The van der Waals surface area contributed by atoms with Gasteiger partial charge in [0.1, 0.15) is 18.1 Å². The van der Waals surface area contributed by atoms with Gasteiger partial charge in [0.2, 0.25) is 0 Å². The number of pyridine rings is 1. The summed E-state index contributed by atoms with van der Waals surface area (Å²) in [6.45, 7) is 6.24. The zero-order chi connectivity index (χ0) is 19.6. The van der Waals surface area contributed by atoms with Gasteiger partial charge in [-0.2, -0.15) is 0 Å². The molecule has 0 unspecified atom stereocenters. The number of amides is 1. The highest BCUT2D eigenvalue weighted by molar-refractivity contribution is 5.93. The average molecular weight is 372 g/mol. The number of benzene rings is 2. The van der Waals surface area contributed by atoms with Crippen molar-refractivity contribution in [3.05, 3.63) is 95.3 Å². The number of hydrogen-bond acceptors (Lipinski definition) is 3. The monoisotopic (exact) mass is 372 g/mol. The molecule has 3 aromatic rings. The number of nitrogens with zero attached hydrogens (tertiary/aromatic N) is 2. The fourth-order valence-electron chi connectivity index (χ4n) is 3.70. The maximum atomic E-state index is 12.5. The van der Waals surface area contributed by atoms with Gasteiger partial charge in [0.05, 0.1) is 0 Å². The lowest BCUT2D eigenvalue weighted by atomic mass is 9.75. The normalized spacial score (nSPS) is 15.0. The highest BCUT2D eigenvalue weighted by Crippen LogP contribution is 2.36. The number of carbonyl (C=O) groups excluding carboxylic acids is 1. The largest absolute Gasteiger partial charge is 0.489 e. The van der Waals surface area contributed by atoms with Crippen LogP contribution in [0.2, 0.25) is 0 Å². The molecule has 142 valence electrons. The molecule has 1 aromatic heterocycles. The van der Waals surface area contributed by atoms with E-state index in [0.717, 1.165) is 16.9 Å². The molecule has 4 heteroatoms. The number of rotatable bonds is 5. The Bertz CT molecular complexity index is 964. The standard InChI is InChI=1S/C24H24N2O2/c1-18-14-20(11-12-22(18)28-15-19-8-4-3-5-9-19)24(2)16-26(17-24)23(27)21-10-6-7-13-25-21/h3-14H,15-17H2,1-2H3. The van der Waals surface area contributed by atoms with E-state index >= 15 is 0 Å². The minimum Gasteiger partial charge on any atom is -0.489 e. The SMILES string of the molecule is Cc1cc(C2(C)CN(C(=O)c3ccccn3)C2)ccc1OCc1ccccc1. The van der Waals surface area contributed by atoms with Gasteiger partial charge in [0.15, 0.2) is 0 Å². The quantitative estimate of drug-likeness (QED) is 0.667. The van der Waals surface area contributed by atoms with E-state index in [1.165, 1.54) is 5.56 Å². The minimum absolute atomic E-state index is 0.00221. The topological polar surface area (TPSA) is 42.4 Å². The number of aryl methyl sites for hydroxylation is 1. The lowest BCUT2D eigenvalue weighted by molar-refractivity contribution is 0.0427.